The zero-order valence-corrected chi connectivity index (χ0v) is 18.2. The number of ether oxygens (including phenoxy) is 1. The van der Waals surface area contributed by atoms with Gasteiger partial charge < -0.3 is 25.0 Å². The van der Waals surface area contributed by atoms with E-state index in [1.54, 1.807) is 6.07 Å². The van der Waals surface area contributed by atoms with Crippen molar-refractivity contribution in [2.24, 2.45) is 0 Å². The van der Waals surface area contributed by atoms with Crippen molar-refractivity contribution < 1.29 is 24.9 Å². The van der Waals surface area contributed by atoms with E-state index in [1.165, 1.54) is 10.7 Å². The number of carboxylic acid groups (broad SMARTS) is 1. The van der Waals surface area contributed by atoms with Crippen molar-refractivity contribution in [2.45, 2.75) is 26.7 Å². The first kappa shape index (κ1) is 21.6. The largest absolute Gasteiger partial charge is 0.508 e. The third-order valence-electron chi connectivity index (χ3n) is 5.69. The minimum absolute atomic E-state index is 0.0187. The summed E-state index contributed by atoms with van der Waals surface area (Å²) in [5.41, 5.74) is 3.42. The first-order chi connectivity index (χ1) is 15.3. The van der Waals surface area contributed by atoms with E-state index in [4.69, 9.17) is 4.74 Å². The third-order valence-corrected chi connectivity index (χ3v) is 5.69. The third kappa shape index (κ3) is 3.87. The number of aryl methyl sites for hydroxylation is 1. The molecule has 168 valence electrons. The van der Waals surface area contributed by atoms with Crippen LogP contribution in [0.5, 0.6) is 11.5 Å². The van der Waals surface area contributed by atoms with Gasteiger partial charge in [0.05, 0.1) is 13.2 Å². The minimum Gasteiger partial charge on any atom is -0.508 e. The van der Waals surface area contributed by atoms with Crippen LogP contribution in [0.15, 0.2) is 30.3 Å². The molecule has 0 amide bonds. The van der Waals surface area contributed by atoms with Crippen molar-refractivity contribution in [3.63, 3.8) is 0 Å². The number of carbonyl (C=O) groups is 1. The van der Waals surface area contributed by atoms with E-state index in [2.05, 4.69) is 15.2 Å². The van der Waals surface area contributed by atoms with Crippen molar-refractivity contribution in [2.75, 3.05) is 31.2 Å². The van der Waals surface area contributed by atoms with E-state index in [-0.39, 0.29) is 34.5 Å². The minimum atomic E-state index is -1.22. The van der Waals surface area contributed by atoms with Gasteiger partial charge in [0.1, 0.15) is 22.9 Å². The predicted octanol–water partition coefficient (Wildman–Crippen LogP) is 3.31. The number of aromatic nitrogens is 3. The van der Waals surface area contributed by atoms with Gasteiger partial charge in [0.2, 0.25) is 0 Å². The Morgan fingerprint density at radius 1 is 1.09 bits per heavy atom. The molecule has 3 aromatic rings. The maximum Gasteiger partial charge on any atom is 0.358 e. The molecular formula is C23H26N4O5. The van der Waals surface area contributed by atoms with Crippen molar-refractivity contribution >= 4 is 11.7 Å². The van der Waals surface area contributed by atoms with Gasteiger partial charge in [-0.2, -0.15) is 0 Å². The Bertz CT molecular complexity index is 1170. The van der Waals surface area contributed by atoms with Crippen LogP contribution in [-0.4, -0.2) is 62.6 Å². The van der Waals surface area contributed by atoms with Crippen LogP contribution in [0.25, 0.3) is 16.9 Å². The van der Waals surface area contributed by atoms with Crippen LogP contribution >= 0.6 is 0 Å². The quantitative estimate of drug-likeness (QED) is 0.555. The summed E-state index contributed by atoms with van der Waals surface area (Å²) in [7, 11) is 0. The van der Waals surface area contributed by atoms with Gasteiger partial charge in [-0.15, -0.1) is 5.10 Å². The fourth-order valence-corrected chi connectivity index (χ4v) is 3.98. The van der Waals surface area contributed by atoms with E-state index in [0.717, 1.165) is 24.3 Å². The van der Waals surface area contributed by atoms with Crippen molar-refractivity contribution in [3.8, 4) is 28.4 Å². The van der Waals surface area contributed by atoms with Crippen molar-refractivity contribution in [3.05, 3.63) is 47.2 Å². The summed E-state index contributed by atoms with van der Waals surface area (Å²) in [5, 5.41) is 38.4. The Kier molecular flexibility index (Phi) is 5.75. The predicted molar refractivity (Wildman–Crippen MR) is 119 cm³/mol. The lowest BCUT2D eigenvalue weighted by Crippen LogP contribution is -2.36. The standard InChI is InChI=1S/C23H26N4O5/c1-13(2)17-11-18(20(29)12-19(17)28)27-22(21(23(30)31)24-25-27)16-5-4-15(10-14(16)3)26-6-8-32-9-7-26/h4-5,10-13,28-29H,6-9H2,1-3H3,(H,30,31). The first-order valence-corrected chi connectivity index (χ1v) is 10.5. The van der Waals surface area contributed by atoms with E-state index in [1.807, 2.05) is 39.0 Å². The van der Waals surface area contributed by atoms with Crippen molar-refractivity contribution in [1.29, 1.82) is 0 Å². The molecule has 1 aromatic heterocycles. The summed E-state index contributed by atoms with van der Waals surface area (Å²) < 4.78 is 6.74. The van der Waals surface area contributed by atoms with Crippen LogP contribution in [0.1, 0.15) is 41.4 Å². The summed E-state index contributed by atoms with van der Waals surface area (Å²) >= 11 is 0. The topological polar surface area (TPSA) is 121 Å². The van der Waals surface area contributed by atoms with Gasteiger partial charge >= 0.3 is 5.97 Å². The summed E-state index contributed by atoms with van der Waals surface area (Å²) in [6.07, 6.45) is 0. The second-order valence-electron chi connectivity index (χ2n) is 8.16. The van der Waals surface area contributed by atoms with Gasteiger partial charge in [-0.25, -0.2) is 9.48 Å². The van der Waals surface area contributed by atoms with Gasteiger partial charge in [-0.05, 0) is 42.2 Å². The molecule has 0 spiro atoms. The average Bonchev–Trinajstić information content (AvgIpc) is 3.19. The molecule has 1 saturated heterocycles. The van der Waals surface area contributed by atoms with Crippen LogP contribution in [0.3, 0.4) is 0 Å². The number of rotatable bonds is 5. The SMILES string of the molecule is Cc1cc(N2CCOCC2)ccc1-c1c(C(=O)O)nnn1-c1cc(C(C)C)c(O)cc1O. The van der Waals surface area contributed by atoms with Gasteiger partial charge in [0.25, 0.3) is 0 Å². The molecule has 0 saturated carbocycles. The number of carboxylic acids is 1. The molecule has 2 aromatic carbocycles. The highest BCUT2D eigenvalue weighted by atomic mass is 16.5. The maximum atomic E-state index is 11.9. The highest BCUT2D eigenvalue weighted by molar-refractivity contribution is 5.94. The second-order valence-corrected chi connectivity index (χ2v) is 8.16. The molecule has 2 heterocycles. The highest BCUT2D eigenvalue weighted by Gasteiger charge is 2.25. The van der Waals surface area contributed by atoms with Crippen LogP contribution in [0.4, 0.5) is 5.69 Å². The fourth-order valence-electron chi connectivity index (χ4n) is 3.98. The van der Waals surface area contributed by atoms with Crippen LogP contribution in [0.2, 0.25) is 0 Å². The Balaban J connectivity index is 1.87. The van der Waals surface area contributed by atoms with Gasteiger partial charge in [0.15, 0.2) is 5.69 Å². The molecule has 0 bridgehead atoms. The van der Waals surface area contributed by atoms with E-state index in [9.17, 15) is 20.1 Å². The molecule has 0 unspecified atom stereocenters. The summed E-state index contributed by atoms with van der Waals surface area (Å²) in [6.45, 7) is 8.64. The molecule has 1 aliphatic heterocycles. The van der Waals surface area contributed by atoms with E-state index < -0.39 is 5.97 Å². The van der Waals surface area contributed by atoms with Crippen LogP contribution in [-0.2, 0) is 4.74 Å². The molecule has 32 heavy (non-hydrogen) atoms. The molecule has 9 heteroatoms. The Morgan fingerprint density at radius 3 is 2.44 bits per heavy atom. The lowest BCUT2D eigenvalue weighted by molar-refractivity contribution is 0.0691. The van der Waals surface area contributed by atoms with E-state index >= 15 is 0 Å². The maximum absolute atomic E-state index is 11.9. The molecule has 0 radical (unpaired) electrons. The number of hydrogen-bond acceptors (Lipinski definition) is 7. The molecule has 9 nitrogen and oxygen atoms in total. The van der Waals surface area contributed by atoms with Crippen LogP contribution < -0.4 is 4.90 Å². The number of phenolic OH excluding ortho intramolecular Hbond substituents is 2. The highest BCUT2D eigenvalue weighted by Crippen LogP contribution is 2.37. The molecular weight excluding hydrogens is 412 g/mol. The molecule has 1 aliphatic rings. The summed E-state index contributed by atoms with van der Waals surface area (Å²) in [5.74, 6) is -1.50. The molecule has 4 rings (SSSR count). The average molecular weight is 438 g/mol. The Hall–Kier alpha value is -3.59. The molecule has 3 N–H and O–H groups in total. The van der Waals surface area contributed by atoms with Gasteiger partial charge in [0, 0.05) is 30.4 Å². The number of aromatic carboxylic acids is 1. The first-order valence-electron chi connectivity index (χ1n) is 10.5. The molecule has 1 fully saturated rings. The van der Waals surface area contributed by atoms with Gasteiger partial charge in [-0.1, -0.05) is 25.1 Å². The normalized spacial score (nSPS) is 14.2. The number of phenols is 2. The zero-order valence-electron chi connectivity index (χ0n) is 18.2. The molecule has 0 atom stereocenters. The number of nitrogens with zero attached hydrogens (tertiary/aromatic N) is 4. The number of anilines is 1. The summed E-state index contributed by atoms with van der Waals surface area (Å²) in [6, 6.07) is 8.64. The van der Waals surface area contributed by atoms with E-state index in [0.29, 0.717) is 24.3 Å². The lowest BCUT2D eigenvalue weighted by atomic mass is 10.00. The zero-order chi connectivity index (χ0) is 23.0. The Labute approximate surface area is 185 Å². The smallest absolute Gasteiger partial charge is 0.358 e. The van der Waals surface area contributed by atoms with Crippen molar-refractivity contribution in [1.82, 2.24) is 15.0 Å². The number of morpholine rings is 1. The monoisotopic (exact) mass is 438 g/mol. The number of benzene rings is 2. The second kappa shape index (κ2) is 8.51. The number of aromatic hydroxyl groups is 2. The molecule has 0 aliphatic carbocycles. The lowest BCUT2D eigenvalue weighted by Gasteiger charge is -2.29. The van der Waals surface area contributed by atoms with Gasteiger partial charge in [-0.3, -0.25) is 0 Å². The van der Waals surface area contributed by atoms with Crippen LogP contribution in [0, 0.1) is 6.92 Å². The fraction of sp³-hybridized carbons (Fsp3) is 0.348. The summed E-state index contributed by atoms with van der Waals surface area (Å²) in [4.78, 5) is 14.2. The number of hydrogen-bond donors (Lipinski definition) is 3. The Morgan fingerprint density at radius 2 is 1.81 bits per heavy atom.